The lowest BCUT2D eigenvalue weighted by molar-refractivity contribution is 0.111. The topological polar surface area (TPSA) is 55.0 Å². The van der Waals surface area contributed by atoms with Crippen LogP contribution >= 0.6 is 0 Å². The van der Waals surface area contributed by atoms with Gasteiger partial charge in [0.05, 0.1) is 18.0 Å². The zero-order chi connectivity index (χ0) is 8.10. The number of methoxy groups -OCH3 is 1. The van der Waals surface area contributed by atoms with Gasteiger partial charge in [-0.05, 0) is 6.07 Å². The van der Waals surface area contributed by atoms with Gasteiger partial charge in [0.25, 0.3) is 0 Å². The van der Waals surface area contributed by atoms with E-state index in [1.807, 2.05) is 0 Å². The third-order valence-corrected chi connectivity index (χ3v) is 1.34. The highest BCUT2D eigenvalue weighted by atomic mass is 16.5. The molecule has 0 fully saturated rings. The first kappa shape index (κ1) is 7.94. The summed E-state index contributed by atoms with van der Waals surface area (Å²) in [5.74, 6) is 0. The van der Waals surface area contributed by atoms with Gasteiger partial charge in [0.2, 0.25) is 0 Å². The smallest absolute Gasteiger partial charge is 0.167 e. The second-order valence-corrected chi connectivity index (χ2v) is 2.18. The third-order valence-electron chi connectivity index (χ3n) is 1.34. The van der Waals surface area contributed by atoms with Gasteiger partial charge in [-0.15, -0.1) is 0 Å². The van der Waals surface area contributed by atoms with Crippen molar-refractivity contribution in [2.24, 2.45) is 0 Å². The molecule has 1 rings (SSSR count). The summed E-state index contributed by atoms with van der Waals surface area (Å²) in [6.07, 6.45) is 1.48. The average Bonchev–Trinajstić information content (AvgIpc) is 2.48. The van der Waals surface area contributed by atoms with E-state index in [0.29, 0.717) is 12.3 Å². The molecule has 0 saturated heterocycles. The van der Waals surface area contributed by atoms with Crippen LogP contribution in [0.1, 0.15) is 16.2 Å². The third kappa shape index (κ3) is 2.16. The van der Waals surface area contributed by atoms with Crippen molar-refractivity contribution >= 4 is 6.29 Å². The van der Waals surface area contributed by atoms with Crippen LogP contribution in [-0.4, -0.2) is 30.2 Å². The Morgan fingerprint density at radius 3 is 3.18 bits per heavy atom. The van der Waals surface area contributed by atoms with Crippen molar-refractivity contribution in [3.63, 3.8) is 0 Å². The number of aromatic nitrogens is 2. The molecule has 11 heavy (non-hydrogen) atoms. The Kier molecular flexibility index (Phi) is 2.80. The highest BCUT2D eigenvalue weighted by molar-refractivity contribution is 5.71. The van der Waals surface area contributed by atoms with E-state index in [1.54, 1.807) is 13.2 Å². The predicted octanol–water partition coefficient (Wildman–Crippen LogP) is 0.411. The number of carbonyl (C=O) groups is 1. The lowest BCUT2D eigenvalue weighted by Crippen LogP contribution is -1.93. The fourth-order valence-electron chi connectivity index (χ4n) is 0.775. The van der Waals surface area contributed by atoms with Gasteiger partial charge in [0, 0.05) is 13.5 Å². The number of H-pyrrole nitrogens is 1. The van der Waals surface area contributed by atoms with Crippen LogP contribution in [0.2, 0.25) is 0 Å². The molecule has 4 nitrogen and oxygen atoms in total. The summed E-state index contributed by atoms with van der Waals surface area (Å²) < 4.78 is 4.85. The molecule has 0 bridgehead atoms. The Morgan fingerprint density at radius 1 is 1.82 bits per heavy atom. The maximum Gasteiger partial charge on any atom is 0.167 e. The fourth-order valence-corrected chi connectivity index (χ4v) is 0.775. The molecule has 1 heterocycles. The molecular formula is C7H10N2O2. The van der Waals surface area contributed by atoms with Gasteiger partial charge in [0.1, 0.15) is 0 Å². The van der Waals surface area contributed by atoms with E-state index in [4.69, 9.17) is 4.74 Å². The molecule has 60 valence electrons. The first-order valence-electron chi connectivity index (χ1n) is 3.35. The molecular weight excluding hydrogens is 144 g/mol. The number of aromatic amines is 1. The molecule has 0 atom stereocenters. The summed E-state index contributed by atoms with van der Waals surface area (Å²) >= 11 is 0. The number of aldehydes is 1. The van der Waals surface area contributed by atoms with Crippen molar-refractivity contribution in [1.29, 1.82) is 0 Å². The Morgan fingerprint density at radius 2 is 2.64 bits per heavy atom. The van der Waals surface area contributed by atoms with Crippen molar-refractivity contribution in [2.75, 3.05) is 13.7 Å². The van der Waals surface area contributed by atoms with E-state index in [2.05, 4.69) is 10.2 Å². The van der Waals surface area contributed by atoms with Gasteiger partial charge in [-0.3, -0.25) is 9.89 Å². The summed E-state index contributed by atoms with van der Waals surface area (Å²) in [5.41, 5.74) is 1.37. The zero-order valence-corrected chi connectivity index (χ0v) is 6.33. The number of nitrogens with one attached hydrogen (secondary N) is 1. The van der Waals surface area contributed by atoms with E-state index in [1.165, 1.54) is 0 Å². The minimum absolute atomic E-state index is 0.510. The van der Waals surface area contributed by atoms with Crippen LogP contribution < -0.4 is 0 Å². The number of hydrogen-bond acceptors (Lipinski definition) is 3. The maximum absolute atomic E-state index is 10.2. The zero-order valence-electron chi connectivity index (χ0n) is 6.33. The maximum atomic E-state index is 10.2. The van der Waals surface area contributed by atoms with Crippen molar-refractivity contribution in [3.05, 3.63) is 17.5 Å². The average molecular weight is 154 g/mol. The molecule has 0 aliphatic heterocycles. The molecule has 4 heteroatoms. The Bertz CT molecular complexity index is 232. The van der Waals surface area contributed by atoms with Gasteiger partial charge in [0.15, 0.2) is 6.29 Å². The van der Waals surface area contributed by atoms with Crippen LogP contribution in [0, 0.1) is 0 Å². The number of ether oxygens (including phenoxy) is 1. The van der Waals surface area contributed by atoms with Gasteiger partial charge in [-0.25, -0.2) is 0 Å². The standard InChI is InChI=1S/C7H10N2O2/c1-11-3-2-6-4-7(5-10)9-8-6/h4-5H,2-3H2,1H3,(H,8,9). The van der Waals surface area contributed by atoms with E-state index >= 15 is 0 Å². The Balaban J connectivity index is 2.51. The van der Waals surface area contributed by atoms with Crippen molar-refractivity contribution in [2.45, 2.75) is 6.42 Å². The molecule has 1 aromatic heterocycles. The summed E-state index contributed by atoms with van der Waals surface area (Å²) in [4.78, 5) is 10.2. The molecule has 0 spiro atoms. The lowest BCUT2D eigenvalue weighted by atomic mass is 10.3. The Hall–Kier alpha value is -1.16. The van der Waals surface area contributed by atoms with Gasteiger partial charge >= 0.3 is 0 Å². The van der Waals surface area contributed by atoms with Crippen molar-refractivity contribution in [1.82, 2.24) is 10.2 Å². The lowest BCUT2D eigenvalue weighted by Gasteiger charge is -1.91. The molecule has 0 aliphatic rings. The number of nitrogens with zero attached hydrogens (tertiary/aromatic N) is 1. The quantitative estimate of drug-likeness (QED) is 0.639. The molecule has 0 aromatic carbocycles. The van der Waals surface area contributed by atoms with Crippen LogP contribution in [0.3, 0.4) is 0 Å². The Labute approximate surface area is 64.6 Å². The number of rotatable bonds is 4. The number of hydrogen-bond donors (Lipinski definition) is 1. The minimum atomic E-state index is 0.510. The molecule has 0 saturated carbocycles. The molecule has 0 amide bonds. The summed E-state index contributed by atoms with van der Waals surface area (Å²) in [5, 5.41) is 6.48. The molecule has 1 N–H and O–H groups in total. The van der Waals surface area contributed by atoms with E-state index in [9.17, 15) is 4.79 Å². The first-order valence-corrected chi connectivity index (χ1v) is 3.35. The normalized spacial score (nSPS) is 9.91. The fraction of sp³-hybridized carbons (Fsp3) is 0.429. The highest BCUT2D eigenvalue weighted by Crippen LogP contribution is 1.97. The van der Waals surface area contributed by atoms with Crippen LogP contribution in [0.4, 0.5) is 0 Å². The largest absolute Gasteiger partial charge is 0.384 e. The SMILES string of the molecule is COCCc1cc(C=O)[nH]n1. The summed E-state index contributed by atoms with van der Waals surface area (Å²) in [7, 11) is 1.63. The van der Waals surface area contributed by atoms with Crippen LogP contribution in [-0.2, 0) is 11.2 Å². The second kappa shape index (κ2) is 3.88. The molecule has 1 aromatic rings. The second-order valence-electron chi connectivity index (χ2n) is 2.18. The van der Waals surface area contributed by atoms with Crippen LogP contribution in [0.15, 0.2) is 6.07 Å². The number of carbonyl (C=O) groups excluding carboxylic acids is 1. The molecule has 0 radical (unpaired) electrons. The summed E-state index contributed by atoms with van der Waals surface area (Å²) in [6.45, 7) is 0.628. The van der Waals surface area contributed by atoms with Crippen LogP contribution in [0.5, 0.6) is 0 Å². The van der Waals surface area contributed by atoms with E-state index in [-0.39, 0.29) is 0 Å². The highest BCUT2D eigenvalue weighted by Gasteiger charge is 1.98. The predicted molar refractivity (Wildman–Crippen MR) is 39.6 cm³/mol. The first-order chi connectivity index (χ1) is 5.36. The van der Waals surface area contributed by atoms with Crippen molar-refractivity contribution in [3.8, 4) is 0 Å². The molecule has 0 aliphatic carbocycles. The summed E-state index contributed by atoms with van der Waals surface area (Å²) in [6, 6.07) is 1.71. The monoisotopic (exact) mass is 154 g/mol. The minimum Gasteiger partial charge on any atom is -0.384 e. The van der Waals surface area contributed by atoms with Gasteiger partial charge in [-0.1, -0.05) is 0 Å². The van der Waals surface area contributed by atoms with Crippen molar-refractivity contribution < 1.29 is 9.53 Å². The van der Waals surface area contributed by atoms with E-state index in [0.717, 1.165) is 18.4 Å². The van der Waals surface area contributed by atoms with Gasteiger partial charge < -0.3 is 4.74 Å². The van der Waals surface area contributed by atoms with E-state index < -0.39 is 0 Å². The van der Waals surface area contributed by atoms with Gasteiger partial charge in [-0.2, -0.15) is 5.10 Å². The van der Waals surface area contributed by atoms with Crippen LogP contribution in [0.25, 0.3) is 0 Å². The molecule has 0 unspecified atom stereocenters.